The van der Waals surface area contributed by atoms with Gasteiger partial charge in [0.05, 0.1) is 5.52 Å². The number of halogens is 1. The molecule has 0 radical (unpaired) electrons. The quantitative estimate of drug-likeness (QED) is 0.583. The van der Waals surface area contributed by atoms with E-state index in [-0.39, 0.29) is 5.82 Å². The van der Waals surface area contributed by atoms with Gasteiger partial charge in [-0.25, -0.2) is 4.39 Å². The van der Waals surface area contributed by atoms with Crippen LogP contribution in [0, 0.1) is 19.7 Å². The minimum atomic E-state index is -0.142. The van der Waals surface area contributed by atoms with Crippen molar-refractivity contribution in [2.45, 2.75) is 13.8 Å². The first-order chi connectivity index (χ1) is 6.11. The van der Waals surface area contributed by atoms with Crippen LogP contribution in [0.4, 0.5) is 4.39 Å². The number of hydrogen-bond acceptors (Lipinski definition) is 0. The molecule has 1 aromatic heterocycles. The number of rotatable bonds is 0. The predicted molar refractivity (Wildman–Crippen MR) is 52.4 cm³/mol. The highest BCUT2D eigenvalue weighted by molar-refractivity contribution is 5.85. The molecule has 0 aliphatic heterocycles. The van der Waals surface area contributed by atoms with Gasteiger partial charge in [0, 0.05) is 18.1 Å². The number of aromatic nitrogens is 1. The van der Waals surface area contributed by atoms with Crippen LogP contribution >= 0.6 is 0 Å². The van der Waals surface area contributed by atoms with Gasteiger partial charge in [0.1, 0.15) is 5.82 Å². The van der Waals surface area contributed by atoms with E-state index in [4.69, 9.17) is 0 Å². The molecule has 1 heterocycles. The zero-order valence-electron chi connectivity index (χ0n) is 8.06. The number of nitrogens with zero attached hydrogens (tertiary/aromatic N) is 1. The highest BCUT2D eigenvalue weighted by atomic mass is 19.1. The molecule has 2 heteroatoms. The topological polar surface area (TPSA) is 4.93 Å². The monoisotopic (exact) mass is 177 g/mol. The van der Waals surface area contributed by atoms with Crippen molar-refractivity contribution >= 4 is 10.9 Å². The van der Waals surface area contributed by atoms with Gasteiger partial charge in [0.25, 0.3) is 0 Å². The fraction of sp³-hybridized carbons (Fsp3) is 0.273. The number of benzene rings is 1. The van der Waals surface area contributed by atoms with Crippen molar-refractivity contribution in [3.63, 3.8) is 0 Å². The SMILES string of the molecule is Cc1ccc(F)c2c1cc(C)n2C. The minimum Gasteiger partial charge on any atom is -0.346 e. The Bertz CT molecular complexity index is 468. The maximum atomic E-state index is 13.4. The summed E-state index contributed by atoms with van der Waals surface area (Å²) in [5, 5.41) is 1.01. The lowest BCUT2D eigenvalue weighted by molar-refractivity contribution is 0.630. The largest absolute Gasteiger partial charge is 0.346 e. The summed E-state index contributed by atoms with van der Waals surface area (Å²) in [6, 6.07) is 5.36. The molecule has 0 saturated heterocycles. The summed E-state index contributed by atoms with van der Waals surface area (Å²) in [4.78, 5) is 0. The molecule has 2 rings (SSSR count). The molecule has 0 bridgehead atoms. The molecular weight excluding hydrogens is 165 g/mol. The predicted octanol–water partition coefficient (Wildman–Crippen LogP) is 2.93. The summed E-state index contributed by atoms with van der Waals surface area (Å²) in [6.07, 6.45) is 0. The standard InChI is InChI=1S/C11H12FN/c1-7-4-5-10(12)11-9(7)6-8(2)13(11)3/h4-6H,1-3H3. The van der Waals surface area contributed by atoms with E-state index in [0.29, 0.717) is 5.52 Å². The molecule has 0 atom stereocenters. The average molecular weight is 177 g/mol. The van der Waals surface area contributed by atoms with Gasteiger partial charge in [-0.1, -0.05) is 6.07 Å². The van der Waals surface area contributed by atoms with Crippen LogP contribution < -0.4 is 0 Å². The third-order valence-electron chi connectivity index (χ3n) is 2.60. The second kappa shape index (κ2) is 2.59. The van der Waals surface area contributed by atoms with E-state index in [0.717, 1.165) is 16.6 Å². The molecule has 0 saturated carbocycles. The van der Waals surface area contributed by atoms with Crippen LogP contribution in [0.1, 0.15) is 11.3 Å². The maximum Gasteiger partial charge on any atom is 0.147 e. The zero-order chi connectivity index (χ0) is 9.59. The van der Waals surface area contributed by atoms with E-state index in [1.807, 2.05) is 37.6 Å². The Balaban J connectivity index is 3.00. The lowest BCUT2D eigenvalue weighted by Gasteiger charge is -2.01. The van der Waals surface area contributed by atoms with E-state index in [1.54, 1.807) is 0 Å². The van der Waals surface area contributed by atoms with Gasteiger partial charge in [-0.05, 0) is 31.5 Å². The third kappa shape index (κ3) is 1.05. The van der Waals surface area contributed by atoms with Gasteiger partial charge in [-0.15, -0.1) is 0 Å². The molecule has 0 unspecified atom stereocenters. The van der Waals surface area contributed by atoms with E-state index in [9.17, 15) is 4.39 Å². The summed E-state index contributed by atoms with van der Waals surface area (Å²) in [6.45, 7) is 3.99. The Morgan fingerprint density at radius 3 is 2.54 bits per heavy atom. The van der Waals surface area contributed by atoms with E-state index in [2.05, 4.69) is 0 Å². The Hall–Kier alpha value is -1.31. The van der Waals surface area contributed by atoms with E-state index < -0.39 is 0 Å². The van der Waals surface area contributed by atoms with Crippen molar-refractivity contribution in [1.29, 1.82) is 0 Å². The lowest BCUT2D eigenvalue weighted by Crippen LogP contribution is -1.92. The van der Waals surface area contributed by atoms with Crippen LogP contribution in [0.15, 0.2) is 18.2 Å². The Morgan fingerprint density at radius 2 is 1.92 bits per heavy atom. The van der Waals surface area contributed by atoms with Crippen molar-refractivity contribution in [3.05, 3.63) is 35.3 Å². The molecule has 0 spiro atoms. The maximum absolute atomic E-state index is 13.4. The van der Waals surface area contributed by atoms with Gasteiger partial charge in [-0.2, -0.15) is 0 Å². The van der Waals surface area contributed by atoms with Gasteiger partial charge in [0.15, 0.2) is 0 Å². The summed E-state index contributed by atoms with van der Waals surface area (Å²) < 4.78 is 15.3. The fourth-order valence-electron chi connectivity index (χ4n) is 1.69. The highest BCUT2D eigenvalue weighted by Crippen LogP contribution is 2.24. The Labute approximate surface area is 76.8 Å². The number of aryl methyl sites for hydroxylation is 3. The summed E-state index contributed by atoms with van der Waals surface area (Å²) in [5.41, 5.74) is 2.92. The molecule has 0 fully saturated rings. The summed E-state index contributed by atoms with van der Waals surface area (Å²) in [5.74, 6) is -0.142. The van der Waals surface area contributed by atoms with Gasteiger partial charge in [0.2, 0.25) is 0 Å². The molecule has 13 heavy (non-hydrogen) atoms. The van der Waals surface area contributed by atoms with Gasteiger partial charge >= 0.3 is 0 Å². The summed E-state index contributed by atoms with van der Waals surface area (Å²) >= 11 is 0. The van der Waals surface area contributed by atoms with E-state index in [1.165, 1.54) is 6.07 Å². The second-order valence-electron chi connectivity index (χ2n) is 3.47. The first kappa shape index (κ1) is 8.30. The van der Waals surface area contributed by atoms with Crippen LogP contribution in [-0.2, 0) is 7.05 Å². The van der Waals surface area contributed by atoms with E-state index >= 15 is 0 Å². The highest BCUT2D eigenvalue weighted by Gasteiger charge is 2.08. The number of fused-ring (bicyclic) bond motifs is 1. The molecule has 2 aromatic rings. The molecular formula is C11H12FN. The first-order valence-electron chi connectivity index (χ1n) is 4.32. The van der Waals surface area contributed by atoms with Crippen molar-refractivity contribution in [2.24, 2.45) is 7.05 Å². The lowest BCUT2D eigenvalue weighted by atomic mass is 10.1. The normalized spacial score (nSPS) is 11.1. The number of hydrogen-bond donors (Lipinski definition) is 0. The molecule has 0 aliphatic carbocycles. The molecule has 0 aliphatic rings. The molecule has 1 nitrogen and oxygen atoms in total. The smallest absolute Gasteiger partial charge is 0.147 e. The first-order valence-corrected chi connectivity index (χ1v) is 4.32. The van der Waals surface area contributed by atoms with Crippen molar-refractivity contribution < 1.29 is 4.39 Å². The molecule has 1 aromatic carbocycles. The minimum absolute atomic E-state index is 0.142. The van der Waals surface area contributed by atoms with Crippen LogP contribution in [0.5, 0.6) is 0 Å². The van der Waals surface area contributed by atoms with Crippen molar-refractivity contribution in [3.8, 4) is 0 Å². The fourth-order valence-corrected chi connectivity index (χ4v) is 1.69. The van der Waals surface area contributed by atoms with Crippen LogP contribution in [0.3, 0.4) is 0 Å². The summed E-state index contributed by atoms with van der Waals surface area (Å²) in [7, 11) is 1.89. The molecule has 0 N–H and O–H groups in total. The van der Waals surface area contributed by atoms with Crippen LogP contribution in [-0.4, -0.2) is 4.57 Å². The molecule has 68 valence electrons. The van der Waals surface area contributed by atoms with Gasteiger partial charge < -0.3 is 4.57 Å². The second-order valence-corrected chi connectivity index (χ2v) is 3.47. The third-order valence-corrected chi connectivity index (χ3v) is 2.60. The zero-order valence-corrected chi connectivity index (χ0v) is 8.06. The average Bonchev–Trinajstić information content (AvgIpc) is 2.38. The van der Waals surface area contributed by atoms with Crippen molar-refractivity contribution in [1.82, 2.24) is 4.57 Å². The van der Waals surface area contributed by atoms with Crippen LogP contribution in [0.25, 0.3) is 10.9 Å². The van der Waals surface area contributed by atoms with Crippen molar-refractivity contribution in [2.75, 3.05) is 0 Å². The van der Waals surface area contributed by atoms with Gasteiger partial charge in [-0.3, -0.25) is 0 Å². The Morgan fingerprint density at radius 1 is 1.23 bits per heavy atom. The molecule has 0 amide bonds. The Kier molecular flexibility index (Phi) is 1.65. The van der Waals surface area contributed by atoms with Crippen LogP contribution in [0.2, 0.25) is 0 Å².